The molecule has 0 spiro atoms. The Hall–Kier alpha value is -2.71. The first-order valence-corrected chi connectivity index (χ1v) is 11.6. The smallest absolute Gasteiger partial charge is 0.240 e. The molecule has 1 amide bonds. The number of nitrogens with zero attached hydrogens (tertiary/aromatic N) is 2. The summed E-state index contributed by atoms with van der Waals surface area (Å²) in [4.78, 5) is 16.5. The van der Waals surface area contributed by atoms with E-state index in [2.05, 4.69) is 33.4 Å². The molecule has 0 atom stereocenters. The minimum absolute atomic E-state index is 0.0618. The van der Waals surface area contributed by atoms with Gasteiger partial charge in [0.25, 0.3) is 0 Å². The Morgan fingerprint density at radius 2 is 1.80 bits per heavy atom. The summed E-state index contributed by atoms with van der Waals surface area (Å²) in [6.07, 6.45) is 2.66. The Balaban J connectivity index is 1.38. The summed E-state index contributed by atoms with van der Waals surface area (Å²) in [5, 5.41) is 2.83. The number of imidazole rings is 1. The number of carbonyl (C=O) groups is 1. The highest BCUT2D eigenvalue weighted by molar-refractivity contribution is 7.89. The third-order valence-electron chi connectivity index (χ3n) is 4.93. The predicted octanol–water partition coefficient (Wildman–Crippen LogP) is 3.03. The largest absolute Gasteiger partial charge is 0.356 e. The van der Waals surface area contributed by atoms with E-state index in [0.717, 1.165) is 29.6 Å². The van der Waals surface area contributed by atoms with Gasteiger partial charge in [-0.05, 0) is 42.2 Å². The SMILES string of the molecule is CC(C)c1ccc(S(=O)(=O)NCCC(=O)NCCCn2cnc3ccccc32)cc1. The maximum atomic E-state index is 12.3. The molecular weight excluding hydrogens is 400 g/mol. The van der Waals surface area contributed by atoms with Crippen molar-refractivity contribution in [2.75, 3.05) is 13.1 Å². The van der Waals surface area contributed by atoms with Crippen LogP contribution >= 0.6 is 0 Å². The number of sulfonamides is 1. The van der Waals surface area contributed by atoms with Gasteiger partial charge in [0, 0.05) is 26.1 Å². The van der Waals surface area contributed by atoms with E-state index in [1.165, 1.54) is 0 Å². The van der Waals surface area contributed by atoms with Gasteiger partial charge in [-0.15, -0.1) is 0 Å². The fourth-order valence-corrected chi connectivity index (χ4v) is 4.20. The highest BCUT2D eigenvalue weighted by Gasteiger charge is 2.14. The molecule has 8 heteroatoms. The van der Waals surface area contributed by atoms with E-state index in [-0.39, 0.29) is 23.8 Å². The van der Waals surface area contributed by atoms with Crippen LogP contribution in [-0.4, -0.2) is 37.0 Å². The number of aromatic nitrogens is 2. The Morgan fingerprint density at radius 1 is 1.07 bits per heavy atom. The number of nitrogens with one attached hydrogen (secondary N) is 2. The van der Waals surface area contributed by atoms with Crippen LogP contribution in [-0.2, 0) is 21.4 Å². The second kappa shape index (κ2) is 9.86. The molecule has 160 valence electrons. The number of rotatable bonds is 10. The van der Waals surface area contributed by atoms with Gasteiger partial charge in [-0.3, -0.25) is 4.79 Å². The van der Waals surface area contributed by atoms with Crippen molar-refractivity contribution in [3.8, 4) is 0 Å². The zero-order valence-corrected chi connectivity index (χ0v) is 18.2. The van der Waals surface area contributed by atoms with Gasteiger partial charge in [-0.25, -0.2) is 18.1 Å². The summed E-state index contributed by atoms with van der Waals surface area (Å²) in [5.74, 6) is 0.161. The molecule has 0 radical (unpaired) electrons. The summed E-state index contributed by atoms with van der Waals surface area (Å²) in [6, 6.07) is 14.7. The third-order valence-corrected chi connectivity index (χ3v) is 6.40. The van der Waals surface area contributed by atoms with Crippen LogP contribution in [0.25, 0.3) is 11.0 Å². The molecule has 0 bridgehead atoms. The highest BCUT2D eigenvalue weighted by Crippen LogP contribution is 2.17. The topological polar surface area (TPSA) is 93.1 Å². The number of fused-ring (bicyclic) bond motifs is 1. The molecule has 0 unspecified atom stereocenters. The molecule has 3 rings (SSSR count). The summed E-state index contributed by atoms with van der Waals surface area (Å²) in [6.45, 7) is 5.44. The zero-order valence-electron chi connectivity index (χ0n) is 17.3. The summed E-state index contributed by atoms with van der Waals surface area (Å²) < 4.78 is 29.2. The predicted molar refractivity (Wildman–Crippen MR) is 118 cm³/mol. The van der Waals surface area contributed by atoms with E-state index >= 15 is 0 Å². The second-order valence-corrected chi connectivity index (χ2v) is 9.27. The first kappa shape index (κ1) is 22.0. The van der Waals surface area contributed by atoms with Crippen LogP contribution in [0.5, 0.6) is 0 Å². The molecule has 0 aliphatic rings. The maximum Gasteiger partial charge on any atom is 0.240 e. The van der Waals surface area contributed by atoms with Crippen molar-refractivity contribution in [3.63, 3.8) is 0 Å². The highest BCUT2D eigenvalue weighted by atomic mass is 32.2. The maximum absolute atomic E-state index is 12.3. The lowest BCUT2D eigenvalue weighted by Crippen LogP contribution is -2.31. The molecule has 30 heavy (non-hydrogen) atoms. The van der Waals surface area contributed by atoms with Crippen LogP contribution in [0.1, 0.15) is 38.2 Å². The fraction of sp³-hybridized carbons (Fsp3) is 0.364. The van der Waals surface area contributed by atoms with Crippen LogP contribution in [0, 0.1) is 0 Å². The van der Waals surface area contributed by atoms with Gasteiger partial charge in [0.15, 0.2) is 0 Å². The number of para-hydroxylation sites is 2. The summed E-state index contributed by atoms with van der Waals surface area (Å²) in [7, 11) is -3.61. The Kier molecular flexibility index (Phi) is 7.23. The molecule has 0 aliphatic carbocycles. The molecule has 0 aliphatic heterocycles. The number of amides is 1. The van der Waals surface area contributed by atoms with E-state index in [1.54, 1.807) is 18.5 Å². The number of carbonyl (C=O) groups excluding carboxylic acids is 1. The van der Waals surface area contributed by atoms with Crippen LogP contribution in [0.4, 0.5) is 0 Å². The van der Waals surface area contributed by atoms with Gasteiger partial charge in [0.1, 0.15) is 0 Å². The van der Waals surface area contributed by atoms with E-state index < -0.39 is 10.0 Å². The van der Waals surface area contributed by atoms with Gasteiger partial charge in [0.05, 0.1) is 22.3 Å². The van der Waals surface area contributed by atoms with Crippen LogP contribution in [0.15, 0.2) is 59.8 Å². The molecule has 0 fully saturated rings. The van der Waals surface area contributed by atoms with Gasteiger partial charge < -0.3 is 9.88 Å². The van der Waals surface area contributed by atoms with Gasteiger partial charge in [-0.2, -0.15) is 0 Å². The molecule has 1 aromatic heterocycles. The quantitative estimate of drug-likeness (QED) is 0.486. The van der Waals surface area contributed by atoms with Crippen molar-refractivity contribution in [2.45, 2.75) is 44.0 Å². The van der Waals surface area contributed by atoms with Crippen LogP contribution in [0.2, 0.25) is 0 Å². The number of aryl methyl sites for hydroxylation is 1. The zero-order chi connectivity index (χ0) is 21.6. The van der Waals surface area contributed by atoms with Crippen molar-refractivity contribution in [2.24, 2.45) is 0 Å². The van der Waals surface area contributed by atoms with Crippen molar-refractivity contribution in [1.82, 2.24) is 19.6 Å². The number of hydrogen-bond donors (Lipinski definition) is 2. The minimum atomic E-state index is -3.61. The summed E-state index contributed by atoms with van der Waals surface area (Å²) in [5.41, 5.74) is 3.10. The lowest BCUT2D eigenvalue weighted by atomic mass is 10.0. The lowest BCUT2D eigenvalue weighted by Gasteiger charge is -2.10. The van der Waals surface area contributed by atoms with E-state index in [0.29, 0.717) is 12.5 Å². The average molecular weight is 429 g/mol. The molecule has 0 saturated heterocycles. The Labute approximate surface area is 177 Å². The monoisotopic (exact) mass is 428 g/mol. The molecule has 3 aromatic rings. The van der Waals surface area contributed by atoms with Gasteiger partial charge in [-0.1, -0.05) is 38.1 Å². The van der Waals surface area contributed by atoms with Crippen molar-refractivity contribution < 1.29 is 13.2 Å². The second-order valence-electron chi connectivity index (χ2n) is 7.50. The average Bonchev–Trinajstić information content (AvgIpc) is 3.14. The standard InChI is InChI=1S/C22H28N4O3S/c1-17(2)18-8-10-19(11-9-18)30(28,29)25-14-12-22(27)23-13-5-15-26-16-24-20-6-3-4-7-21(20)26/h3-4,6-11,16-17,25H,5,12-15H2,1-2H3,(H,23,27). The van der Waals surface area contributed by atoms with Crippen LogP contribution < -0.4 is 10.0 Å². The van der Waals surface area contributed by atoms with Crippen molar-refractivity contribution in [3.05, 3.63) is 60.4 Å². The van der Waals surface area contributed by atoms with E-state index in [4.69, 9.17) is 0 Å². The van der Waals surface area contributed by atoms with Crippen LogP contribution in [0.3, 0.4) is 0 Å². The van der Waals surface area contributed by atoms with Crippen molar-refractivity contribution in [1.29, 1.82) is 0 Å². The number of hydrogen-bond acceptors (Lipinski definition) is 4. The van der Waals surface area contributed by atoms with E-state index in [1.807, 2.05) is 36.4 Å². The number of benzene rings is 2. The molecular formula is C22H28N4O3S. The Bertz CT molecular complexity index is 1090. The summed E-state index contributed by atoms with van der Waals surface area (Å²) >= 11 is 0. The molecule has 7 nitrogen and oxygen atoms in total. The Morgan fingerprint density at radius 3 is 2.53 bits per heavy atom. The first-order valence-electron chi connectivity index (χ1n) is 10.1. The van der Waals surface area contributed by atoms with Gasteiger partial charge in [0.2, 0.25) is 15.9 Å². The minimum Gasteiger partial charge on any atom is -0.356 e. The molecule has 2 N–H and O–H groups in total. The molecule has 2 aromatic carbocycles. The fourth-order valence-electron chi connectivity index (χ4n) is 3.17. The first-order chi connectivity index (χ1) is 14.4. The third kappa shape index (κ3) is 5.67. The van der Waals surface area contributed by atoms with Gasteiger partial charge >= 0.3 is 0 Å². The molecule has 1 heterocycles. The normalized spacial score (nSPS) is 11.8. The van der Waals surface area contributed by atoms with E-state index in [9.17, 15) is 13.2 Å². The lowest BCUT2D eigenvalue weighted by molar-refractivity contribution is -0.120. The molecule has 0 saturated carbocycles. The van der Waals surface area contributed by atoms with Crippen molar-refractivity contribution >= 4 is 27.0 Å².